The lowest BCUT2D eigenvalue weighted by Gasteiger charge is -2.29. The van der Waals surface area contributed by atoms with Crippen LogP contribution in [-0.4, -0.2) is 5.11 Å². The smallest absolute Gasteiger partial charge is 0.137 e. The Labute approximate surface area is 116 Å². The summed E-state index contributed by atoms with van der Waals surface area (Å²) in [7, 11) is 0. The van der Waals surface area contributed by atoms with E-state index in [0.29, 0.717) is 17.7 Å². The number of hydrogen-bond acceptors (Lipinski definition) is 3. The molecule has 0 bridgehead atoms. The van der Waals surface area contributed by atoms with Crippen molar-refractivity contribution < 1.29 is 14.2 Å². The van der Waals surface area contributed by atoms with E-state index < -0.39 is 6.10 Å². The number of benzene rings is 1. The van der Waals surface area contributed by atoms with Crippen LogP contribution in [0.3, 0.4) is 0 Å². The molecule has 1 aromatic heterocycles. The Morgan fingerprint density at radius 2 is 2.22 bits per heavy atom. The van der Waals surface area contributed by atoms with Gasteiger partial charge in [0, 0.05) is 16.5 Å². The van der Waals surface area contributed by atoms with Crippen LogP contribution >= 0.6 is 27.3 Å². The first-order valence-electron chi connectivity index (χ1n) is 5.52. The molecule has 2 unspecified atom stereocenters. The van der Waals surface area contributed by atoms with E-state index >= 15 is 0 Å². The summed E-state index contributed by atoms with van der Waals surface area (Å²) in [6.45, 7) is 0. The predicted octanol–water partition coefficient (Wildman–Crippen LogP) is 4.21. The number of aliphatic hydroxyl groups is 1. The fraction of sp³-hybridized carbons (Fsp3) is 0.231. The number of fused-ring (bicyclic) bond motifs is 1. The standard InChI is InChI=1S/C13H10BrFO2S/c14-9-3-4-18-13(9)12-6-10(16)8-5-7(15)1-2-11(8)17-12/h1-5,10,12,16H,6H2. The van der Waals surface area contributed by atoms with Gasteiger partial charge in [0.05, 0.1) is 11.0 Å². The summed E-state index contributed by atoms with van der Waals surface area (Å²) in [4.78, 5) is 1.05. The van der Waals surface area contributed by atoms with Gasteiger partial charge in [-0.15, -0.1) is 11.3 Å². The monoisotopic (exact) mass is 328 g/mol. The quantitative estimate of drug-likeness (QED) is 0.849. The molecule has 1 aliphatic rings. The van der Waals surface area contributed by atoms with E-state index in [2.05, 4.69) is 15.9 Å². The van der Waals surface area contributed by atoms with Crippen LogP contribution in [0.25, 0.3) is 0 Å². The van der Waals surface area contributed by atoms with Crippen molar-refractivity contribution in [1.82, 2.24) is 0 Å². The highest BCUT2D eigenvalue weighted by molar-refractivity contribution is 9.10. The van der Waals surface area contributed by atoms with Crippen molar-refractivity contribution in [3.8, 4) is 5.75 Å². The topological polar surface area (TPSA) is 29.5 Å². The van der Waals surface area contributed by atoms with Crippen LogP contribution in [0.5, 0.6) is 5.75 Å². The summed E-state index contributed by atoms with van der Waals surface area (Å²) < 4.78 is 19.9. The van der Waals surface area contributed by atoms with Crippen LogP contribution in [0, 0.1) is 5.82 Å². The second-order valence-corrected chi connectivity index (χ2v) is 5.97. The molecule has 94 valence electrons. The summed E-state index contributed by atoms with van der Waals surface area (Å²) in [5.41, 5.74) is 0.527. The molecule has 18 heavy (non-hydrogen) atoms. The second kappa shape index (κ2) is 4.64. The van der Waals surface area contributed by atoms with Gasteiger partial charge >= 0.3 is 0 Å². The maximum Gasteiger partial charge on any atom is 0.137 e. The molecule has 0 fully saturated rings. The van der Waals surface area contributed by atoms with E-state index in [1.54, 1.807) is 17.4 Å². The van der Waals surface area contributed by atoms with Crippen molar-refractivity contribution in [2.75, 3.05) is 0 Å². The summed E-state index contributed by atoms with van der Waals surface area (Å²) in [6, 6.07) is 6.20. The summed E-state index contributed by atoms with van der Waals surface area (Å²) >= 11 is 5.04. The van der Waals surface area contributed by atoms with Crippen LogP contribution in [0.1, 0.15) is 29.1 Å². The van der Waals surface area contributed by atoms with Gasteiger partial charge < -0.3 is 9.84 Å². The zero-order valence-corrected chi connectivity index (χ0v) is 11.7. The Hall–Kier alpha value is -0.910. The van der Waals surface area contributed by atoms with Crippen molar-refractivity contribution in [3.63, 3.8) is 0 Å². The number of ether oxygens (including phenoxy) is 1. The highest BCUT2D eigenvalue weighted by Crippen LogP contribution is 2.44. The Balaban J connectivity index is 1.97. The van der Waals surface area contributed by atoms with Crippen LogP contribution in [-0.2, 0) is 0 Å². The molecule has 0 amide bonds. The molecule has 0 aliphatic carbocycles. The molecule has 2 aromatic rings. The Morgan fingerprint density at radius 1 is 1.39 bits per heavy atom. The third-order valence-corrected chi connectivity index (χ3v) is 4.94. The average Bonchev–Trinajstić information content (AvgIpc) is 2.76. The number of thiophene rings is 1. The van der Waals surface area contributed by atoms with E-state index in [1.807, 2.05) is 11.4 Å². The SMILES string of the molecule is OC1CC(c2sccc2Br)Oc2ccc(F)cc21. The van der Waals surface area contributed by atoms with Crippen LogP contribution in [0.4, 0.5) is 4.39 Å². The molecule has 1 N–H and O–H groups in total. The van der Waals surface area contributed by atoms with Gasteiger partial charge in [-0.05, 0) is 45.6 Å². The fourth-order valence-corrected chi connectivity index (χ4v) is 3.78. The molecule has 1 aromatic carbocycles. The molecule has 0 spiro atoms. The number of aliphatic hydroxyl groups excluding tert-OH is 1. The van der Waals surface area contributed by atoms with Crippen LogP contribution in [0.15, 0.2) is 34.1 Å². The van der Waals surface area contributed by atoms with Crippen molar-refractivity contribution in [2.24, 2.45) is 0 Å². The van der Waals surface area contributed by atoms with E-state index in [1.165, 1.54) is 12.1 Å². The molecule has 0 saturated carbocycles. The minimum atomic E-state index is -0.691. The lowest BCUT2D eigenvalue weighted by molar-refractivity contribution is 0.0667. The van der Waals surface area contributed by atoms with E-state index in [9.17, 15) is 9.50 Å². The van der Waals surface area contributed by atoms with Gasteiger partial charge in [0.2, 0.25) is 0 Å². The maximum atomic E-state index is 13.1. The first-order valence-corrected chi connectivity index (χ1v) is 7.19. The Kier molecular flexibility index (Phi) is 3.13. The summed E-state index contributed by atoms with van der Waals surface area (Å²) in [5.74, 6) is 0.201. The van der Waals surface area contributed by atoms with Crippen molar-refractivity contribution in [3.05, 3.63) is 50.4 Å². The molecule has 2 nitrogen and oxygen atoms in total. The van der Waals surface area contributed by atoms with Gasteiger partial charge in [0.25, 0.3) is 0 Å². The van der Waals surface area contributed by atoms with E-state index in [-0.39, 0.29) is 11.9 Å². The summed E-state index contributed by atoms with van der Waals surface area (Å²) in [6.07, 6.45) is -0.439. The van der Waals surface area contributed by atoms with Gasteiger partial charge in [-0.3, -0.25) is 0 Å². The van der Waals surface area contributed by atoms with Gasteiger partial charge in [0.15, 0.2) is 0 Å². The molecule has 2 heterocycles. The van der Waals surface area contributed by atoms with E-state index in [0.717, 1.165) is 9.35 Å². The lowest BCUT2D eigenvalue weighted by atomic mass is 9.98. The van der Waals surface area contributed by atoms with Crippen molar-refractivity contribution in [2.45, 2.75) is 18.6 Å². The molecular formula is C13H10BrFO2S. The van der Waals surface area contributed by atoms with Crippen molar-refractivity contribution in [1.29, 1.82) is 0 Å². The Bertz CT molecular complexity index is 584. The van der Waals surface area contributed by atoms with Gasteiger partial charge in [-0.1, -0.05) is 0 Å². The first kappa shape index (κ1) is 12.1. The Morgan fingerprint density at radius 3 is 2.94 bits per heavy atom. The summed E-state index contributed by atoms with van der Waals surface area (Å²) in [5, 5.41) is 12.1. The van der Waals surface area contributed by atoms with Crippen LogP contribution in [0.2, 0.25) is 0 Å². The largest absolute Gasteiger partial charge is 0.484 e. The first-order chi connectivity index (χ1) is 8.65. The highest BCUT2D eigenvalue weighted by Gasteiger charge is 2.30. The number of rotatable bonds is 1. The molecule has 5 heteroatoms. The molecule has 1 aliphatic heterocycles. The third kappa shape index (κ3) is 2.06. The molecule has 2 atom stereocenters. The predicted molar refractivity (Wildman–Crippen MR) is 71.4 cm³/mol. The van der Waals surface area contributed by atoms with Gasteiger partial charge in [-0.25, -0.2) is 4.39 Å². The normalized spacial score (nSPS) is 22.4. The molecule has 0 saturated heterocycles. The highest BCUT2D eigenvalue weighted by atomic mass is 79.9. The molecule has 0 radical (unpaired) electrons. The average molecular weight is 329 g/mol. The van der Waals surface area contributed by atoms with E-state index in [4.69, 9.17) is 4.74 Å². The number of hydrogen-bond donors (Lipinski definition) is 1. The minimum Gasteiger partial charge on any atom is -0.484 e. The van der Waals surface area contributed by atoms with Crippen LogP contribution < -0.4 is 4.74 Å². The maximum absolute atomic E-state index is 13.1. The second-order valence-electron chi connectivity index (χ2n) is 4.17. The lowest BCUT2D eigenvalue weighted by Crippen LogP contribution is -2.18. The minimum absolute atomic E-state index is 0.188. The third-order valence-electron chi connectivity index (χ3n) is 2.97. The zero-order valence-electron chi connectivity index (χ0n) is 9.27. The number of halogens is 2. The van der Waals surface area contributed by atoms with Crippen molar-refractivity contribution >= 4 is 27.3 Å². The fourth-order valence-electron chi connectivity index (χ4n) is 2.11. The van der Waals surface area contributed by atoms with Gasteiger partial charge in [0.1, 0.15) is 17.7 Å². The molecule has 3 rings (SSSR count). The van der Waals surface area contributed by atoms with Gasteiger partial charge in [-0.2, -0.15) is 0 Å². The zero-order chi connectivity index (χ0) is 12.7. The molecular weight excluding hydrogens is 319 g/mol.